The number of nitrogens with zero attached hydrogens (tertiary/aromatic N) is 2. The van der Waals surface area contributed by atoms with E-state index in [4.69, 9.17) is 23.2 Å². The van der Waals surface area contributed by atoms with Gasteiger partial charge in [-0.2, -0.15) is 0 Å². The monoisotopic (exact) mass is 292 g/mol. The largest absolute Gasteiger partial charge is 0.264 e. The molecule has 0 bridgehead atoms. The first-order valence-electron chi connectivity index (χ1n) is 5.02. The molecular formula is C10H10Cl2N2O4. The maximum absolute atomic E-state index is 10.8. The summed E-state index contributed by atoms with van der Waals surface area (Å²) in [6, 6.07) is 0.628. The lowest BCUT2D eigenvalue weighted by Crippen LogP contribution is -2.11. The van der Waals surface area contributed by atoms with Crippen LogP contribution in [-0.4, -0.2) is 9.85 Å². The topological polar surface area (TPSA) is 86.3 Å². The molecule has 1 rings (SSSR count). The van der Waals surface area contributed by atoms with Crippen LogP contribution in [0.3, 0.4) is 0 Å². The smallest absolute Gasteiger partial charge is 0.238 e. The number of rotatable bonds is 4. The van der Waals surface area contributed by atoms with E-state index in [0.717, 1.165) is 0 Å². The molecule has 1 aromatic carbocycles. The first-order valence-corrected chi connectivity index (χ1v) is 5.77. The predicted octanol–water partition coefficient (Wildman–Crippen LogP) is 3.67. The molecule has 98 valence electrons. The molecule has 2 unspecified atom stereocenters. The van der Waals surface area contributed by atoms with Gasteiger partial charge in [-0.25, -0.2) is 0 Å². The Morgan fingerprint density at radius 1 is 1.06 bits per heavy atom. The van der Waals surface area contributed by atoms with Crippen LogP contribution in [0.4, 0.5) is 0 Å². The minimum absolute atomic E-state index is 0.0177. The van der Waals surface area contributed by atoms with Gasteiger partial charge in [-0.1, -0.05) is 23.2 Å². The molecule has 0 radical (unpaired) electrons. The van der Waals surface area contributed by atoms with E-state index in [-0.39, 0.29) is 21.2 Å². The van der Waals surface area contributed by atoms with Crippen molar-refractivity contribution >= 4 is 23.2 Å². The molecule has 0 aliphatic heterocycles. The van der Waals surface area contributed by atoms with Crippen LogP contribution in [0.5, 0.6) is 0 Å². The maximum atomic E-state index is 10.8. The number of halogens is 2. The molecule has 0 saturated heterocycles. The second-order valence-corrected chi connectivity index (χ2v) is 4.57. The highest BCUT2D eigenvalue weighted by Gasteiger charge is 2.28. The SMILES string of the molecule is CC(c1ccc(Cl)c(C(C)[N+](=O)[O-])c1Cl)[N+](=O)[O-]. The van der Waals surface area contributed by atoms with Gasteiger partial charge in [0, 0.05) is 29.3 Å². The Balaban J connectivity index is 3.40. The van der Waals surface area contributed by atoms with Crippen LogP contribution in [0.15, 0.2) is 12.1 Å². The van der Waals surface area contributed by atoms with E-state index in [1.54, 1.807) is 0 Å². The van der Waals surface area contributed by atoms with Crippen molar-refractivity contribution in [2.24, 2.45) is 0 Å². The molecule has 2 atom stereocenters. The van der Waals surface area contributed by atoms with E-state index in [0.29, 0.717) is 0 Å². The van der Waals surface area contributed by atoms with E-state index < -0.39 is 21.9 Å². The third kappa shape index (κ3) is 2.70. The molecule has 0 heterocycles. The summed E-state index contributed by atoms with van der Waals surface area (Å²) in [7, 11) is 0. The molecule has 0 aliphatic carbocycles. The van der Waals surface area contributed by atoms with Crippen LogP contribution in [0.2, 0.25) is 10.0 Å². The normalized spacial score (nSPS) is 14.0. The lowest BCUT2D eigenvalue weighted by atomic mass is 10.0. The molecule has 0 fully saturated rings. The highest BCUT2D eigenvalue weighted by molar-refractivity contribution is 6.36. The first kappa shape index (κ1) is 14.7. The van der Waals surface area contributed by atoms with E-state index in [9.17, 15) is 20.2 Å². The summed E-state index contributed by atoms with van der Waals surface area (Å²) in [5, 5.41) is 21.6. The van der Waals surface area contributed by atoms with Gasteiger partial charge in [-0.15, -0.1) is 0 Å². The molecule has 0 amide bonds. The van der Waals surface area contributed by atoms with Crippen LogP contribution in [0.1, 0.15) is 37.1 Å². The number of hydrogen-bond donors (Lipinski definition) is 0. The van der Waals surface area contributed by atoms with Gasteiger partial charge in [0.1, 0.15) is 0 Å². The van der Waals surface area contributed by atoms with Crippen molar-refractivity contribution < 1.29 is 9.85 Å². The van der Waals surface area contributed by atoms with Crippen LogP contribution >= 0.6 is 23.2 Å². The number of benzene rings is 1. The summed E-state index contributed by atoms with van der Waals surface area (Å²) in [4.78, 5) is 20.4. The van der Waals surface area contributed by atoms with Crippen LogP contribution in [0.25, 0.3) is 0 Å². The molecule has 0 aromatic heterocycles. The van der Waals surface area contributed by atoms with Crippen molar-refractivity contribution in [3.05, 3.63) is 53.5 Å². The Hall–Kier alpha value is -1.40. The Kier molecular flexibility index (Phi) is 4.48. The van der Waals surface area contributed by atoms with Crippen LogP contribution in [-0.2, 0) is 0 Å². The lowest BCUT2D eigenvalue weighted by molar-refractivity contribution is -0.525. The fourth-order valence-electron chi connectivity index (χ4n) is 1.51. The summed E-state index contributed by atoms with van der Waals surface area (Å²) in [6.45, 7) is 2.68. The highest BCUT2D eigenvalue weighted by atomic mass is 35.5. The van der Waals surface area contributed by atoms with E-state index in [1.165, 1.54) is 26.0 Å². The molecule has 8 heteroatoms. The lowest BCUT2D eigenvalue weighted by Gasteiger charge is -2.13. The summed E-state index contributed by atoms with van der Waals surface area (Å²) < 4.78 is 0. The average molecular weight is 293 g/mol. The molecule has 0 aliphatic rings. The van der Waals surface area contributed by atoms with E-state index in [1.807, 2.05) is 0 Å². The number of nitro groups is 2. The van der Waals surface area contributed by atoms with Gasteiger partial charge >= 0.3 is 0 Å². The summed E-state index contributed by atoms with van der Waals surface area (Å²) in [6.07, 6.45) is 0. The van der Waals surface area contributed by atoms with Crippen molar-refractivity contribution in [2.45, 2.75) is 25.9 Å². The fraction of sp³-hybridized carbons (Fsp3) is 0.400. The van der Waals surface area contributed by atoms with Crippen LogP contribution in [0, 0.1) is 20.2 Å². The van der Waals surface area contributed by atoms with Gasteiger partial charge in [0.25, 0.3) is 0 Å². The minimum Gasteiger partial charge on any atom is -0.264 e. The van der Waals surface area contributed by atoms with Crippen LogP contribution < -0.4 is 0 Å². The molecule has 18 heavy (non-hydrogen) atoms. The molecule has 1 aromatic rings. The standard InChI is InChI=1S/C10H10Cl2N2O4/c1-5(13(15)16)7-3-4-8(11)9(10(7)12)6(2)14(17)18/h3-6H,1-2H3. The van der Waals surface area contributed by atoms with Gasteiger partial charge in [0.2, 0.25) is 12.1 Å². The Morgan fingerprint density at radius 2 is 1.56 bits per heavy atom. The zero-order chi connectivity index (χ0) is 14.0. The fourth-order valence-corrected chi connectivity index (χ4v) is 2.36. The maximum Gasteiger partial charge on any atom is 0.238 e. The third-order valence-electron chi connectivity index (χ3n) is 2.66. The number of hydrogen-bond acceptors (Lipinski definition) is 4. The first-order chi connectivity index (χ1) is 8.27. The second kappa shape index (κ2) is 5.49. The molecular weight excluding hydrogens is 283 g/mol. The van der Waals surface area contributed by atoms with E-state index >= 15 is 0 Å². The summed E-state index contributed by atoms with van der Waals surface area (Å²) in [5.41, 5.74) is 0.323. The minimum atomic E-state index is -1.12. The highest BCUT2D eigenvalue weighted by Crippen LogP contribution is 2.37. The Bertz CT molecular complexity index is 507. The average Bonchev–Trinajstić information content (AvgIpc) is 2.27. The molecule has 0 N–H and O–H groups in total. The predicted molar refractivity (Wildman–Crippen MR) is 67.3 cm³/mol. The van der Waals surface area contributed by atoms with Crippen molar-refractivity contribution in [3.8, 4) is 0 Å². The molecule has 0 saturated carbocycles. The van der Waals surface area contributed by atoms with Gasteiger partial charge in [0.15, 0.2) is 0 Å². The Labute approximate surface area is 113 Å². The van der Waals surface area contributed by atoms with Gasteiger partial charge in [-0.3, -0.25) is 20.2 Å². The zero-order valence-corrected chi connectivity index (χ0v) is 11.1. The Morgan fingerprint density at radius 3 is 2.00 bits per heavy atom. The van der Waals surface area contributed by atoms with Gasteiger partial charge in [0.05, 0.1) is 15.6 Å². The van der Waals surface area contributed by atoms with Crippen molar-refractivity contribution in [3.63, 3.8) is 0 Å². The second-order valence-electron chi connectivity index (χ2n) is 3.79. The summed E-state index contributed by atoms with van der Waals surface area (Å²) >= 11 is 11.9. The zero-order valence-electron chi connectivity index (χ0n) is 9.59. The summed E-state index contributed by atoms with van der Waals surface area (Å²) in [5.74, 6) is 0. The quantitative estimate of drug-likeness (QED) is 0.626. The third-order valence-corrected chi connectivity index (χ3v) is 3.41. The van der Waals surface area contributed by atoms with Crippen molar-refractivity contribution in [1.29, 1.82) is 0 Å². The van der Waals surface area contributed by atoms with Crippen molar-refractivity contribution in [1.82, 2.24) is 0 Å². The molecule has 0 spiro atoms. The van der Waals surface area contributed by atoms with E-state index in [2.05, 4.69) is 0 Å². The molecule has 6 nitrogen and oxygen atoms in total. The van der Waals surface area contributed by atoms with Gasteiger partial charge < -0.3 is 0 Å². The van der Waals surface area contributed by atoms with Gasteiger partial charge in [-0.05, 0) is 12.1 Å². The van der Waals surface area contributed by atoms with Crippen molar-refractivity contribution in [2.75, 3.05) is 0 Å².